The van der Waals surface area contributed by atoms with Crippen molar-refractivity contribution >= 4 is 29.6 Å². The van der Waals surface area contributed by atoms with E-state index in [2.05, 4.69) is 5.32 Å². The predicted octanol–water partition coefficient (Wildman–Crippen LogP) is 0.836. The number of carbonyl (C=O) groups is 5. The quantitative estimate of drug-likeness (QED) is 0.399. The molecule has 3 rings (SSSR count). The summed E-state index contributed by atoms with van der Waals surface area (Å²) in [7, 11) is 1.40. The molecule has 1 saturated heterocycles. The van der Waals surface area contributed by atoms with E-state index in [0.717, 1.165) is 4.90 Å². The molecule has 0 unspecified atom stereocenters. The topological polar surface area (TPSA) is 119 Å². The van der Waals surface area contributed by atoms with Crippen molar-refractivity contribution in [3.63, 3.8) is 0 Å². The first-order chi connectivity index (χ1) is 14.4. The summed E-state index contributed by atoms with van der Waals surface area (Å²) in [5.74, 6) is -3.19. The van der Waals surface area contributed by atoms with Gasteiger partial charge in [0.05, 0.1) is 30.9 Å². The zero-order chi connectivity index (χ0) is 21.7. The molecule has 0 aromatic heterocycles. The van der Waals surface area contributed by atoms with E-state index in [9.17, 15) is 24.0 Å². The normalized spacial score (nSPS) is 20.0. The van der Waals surface area contributed by atoms with Crippen molar-refractivity contribution in [1.29, 1.82) is 0 Å². The average Bonchev–Trinajstić information content (AvgIpc) is 3.00. The van der Waals surface area contributed by atoms with Gasteiger partial charge in [-0.3, -0.25) is 34.2 Å². The third-order valence-corrected chi connectivity index (χ3v) is 5.11. The highest BCUT2D eigenvalue weighted by atomic mass is 16.5. The van der Waals surface area contributed by atoms with Crippen LogP contribution in [0.15, 0.2) is 36.4 Å². The minimum atomic E-state index is -0.801. The number of para-hydroxylation sites is 1. The molecule has 4 amide bonds. The Balaban J connectivity index is 1.43. The molecule has 0 saturated carbocycles. The molecule has 30 heavy (non-hydrogen) atoms. The van der Waals surface area contributed by atoms with Crippen LogP contribution in [-0.4, -0.2) is 54.8 Å². The molecule has 1 aromatic carbocycles. The first-order valence-corrected chi connectivity index (χ1v) is 9.55. The number of rotatable bonds is 7. The number of fused-ring (bicyclic) bond motifs is 1. The number of ether oxygens (including phenoxy) is 2. The van der Waals surface area contributed by atoms with Crippen molar-refractivity contribution in [2.45, 2.75) is 19.3 Å². The fourth-order valence-corrected chi connectivity index (χ4v) is 3.57. The van der Waals surface area contributed by atoms with Crippen LogP contribution in [0.4, 0.5) is 0 Å². The minimum Gasteiger partial charge on any atom is -0.496 e. The minimum absolute atomic E-state index is 0.0920. The molecule has 9 nitrogen and oxygen atoms in total. The van der Waals surface area contributed by atoms with Gasteiger partial charge in [0.2, 0.25) is 11.8 Å². The van der Waals surface area contributed by atoms with E-state index in [1.54, 1.807) is 18.2 Å². The molecular weight excluding hydrogens is 392 g/mol. The summed E-state index contributed by atoms with van der Waals surface area (Å²) in [4.78, 5) is 61.7. The maximum atomic E-state index is 12.3. The Kier molecular flexibility index (Phi) is 6.61. The second kappa shape index (κ2) is 9.34. The van der Waals surface area contributed by atoms with Gasteiger partial charge in [-0.1, -0.05) is 24.3 Å². The average molecular weight is 414 g/mol. The van der Waals surface area contributed by atoms with Gasteiger partial charge in [0.1, 0.15) is 5.75 Å². The summed E-state index contributed by atoms with van der Waals surface area (Å²) in [5, 5.41) is 2.11. The van der Waals surface area contributed by atoms with E-state index < -0.39 is 24.4 Å². The Labute approximate surface area is 173 Å². The number of likely N-dealkylation sites (tertiary alicyclic amines) is 1. The fourth-order valence-electron chi connectivity index (χ4n) is 3.57. The lowest BCUT2D eigenvalue weighted by Gasteiger charge is -2.14. The Morgan fingerprint density at radius 2 is 1.70 bits per heavy atom. The lowest BCUT2D eigenvalue weighted by Crippen LogP contribution is -2.35. The lowest BCUT2D eigenvalue weighted by atomic mass is 9.85. The van der Waals surface area contributed by atoms with Crippen molar-refractivity contribution in [1.82, 2.24) is 10.2 Å². The third kappa shape index (κ3) is 4.56. The fraction of sp³-hybridized carbons (Fsp3) is 0.381. The second-order valence-corrected chi connectivity index (χ2v) is 6.97. The van der Waals surface area contributed by atoms with Crippen LogP contribution in [-0.2, 0) is 23.9 Å². The summed E-state index contributed by atoms with van der Waals surface area (Å²) in [6.07, 6.45) is 4.59. The highest BCUT2D eigenvalue weighted by Gasteiger charge is 2.46. The lowest BCUT2D eigenvalue weighted by molar-refractivity contribution is -0.149. The van der Waals surface area contributed by atoms with Crippen molar-refractivity contribution in [2.75, 3.05) is 20.3 Å². The van der Waals surface area contributed by atoms with Gasteiger partial charge >= 0.3 is 5.97 Å². The molecule has 1 aliphatic carbocycles. The highest BCUT2D eigenvalue weighted by Crippen LogP contribution is 2.35. The van der Waals surface area contributed by atoms with E-state index in [1.165, 1.54) is 13.2 Å². The van der Waals surface area contributed by atoms with Crippen LogP contribution in [0.2, 0.25) is 0 Å². The van der Waals surface area contributed by atoms with E-state index in [-0.39, 0.29) is 42.2 Å². The number of hydrogen-bond acceptors (Lipinski definition) is 7. The van der Waals surface area contributed by atoms with Crippen LogP contribution in [0.25, 0.3) is 0 Å². The largest absolute Gasteiger partial charge is 0.496 e. The monoisotopic (exact) mass is 414 g/mol. The van der Waals surface area contributed by atoms with Gasteiger partial charge in [0.15, 0.2) is 6.61 Å². The molecule has 1 heterocycles. The van der Waals surface area contributed by atoms with E-state index >= 15 is 0 Å². The Morgan fingerprint density at radius 1 is 1.07 bits per heavy atom. The number of esters is 1. The number of methoxy groups -OCH3 is 1. The molecule has 158 valence electrons. The second-order valence-electron chi connectivity index (χ2n) is 6.97. The SMILES string of the molecule is COc1ccccc1C(=O)NC(=O)COC(=O)CCN1C(=O)[C@H]2CC=CC[C@@H]2C1=O. The van der Waals surface area contributed by atoms with Crippen molar-refractivity contribution in [3.8, 4) is 5.75 Å². The van der Waals surface area contributed by atoms with Crippen molar-refractivity contribution in [2.24, 2.45) is 11.8 Å². The zero-order valence-electron chi connectivity index (χ0n) is 16.5. The number of nitrogens with zero attached hydrogens (tertiary/aromatic N) is 1. The highest BCUT2D eigenvalue weighted by molar-refractivity contribution is 6.07. The number of amides is 4. The number of hydrogen-bond donors (Lipinski definition) is 1. The summed E-state index contributed by atoms with van der Waals surface area (Å²) in [6, 6.07) is 6.37. The molecule has 0 bridgehead atoms. The molecule has 0 spiro atoms. The first-order valence-electron chi connectivity index (χ1n) is 9.55. The summed E-state index contributed by atoms with van der Waals surface area (Å²) >= 11 is 0. The zero-order valence-corrected chi connectivity index (χ0v) is 16.5. The summed E-state index contributed by atoms with van der Waals surface area (Å²) in [5.41, 5.74) is 0.168. The van der Waals surface area contributed by atoms with Gasteiger partial charge in [-0.25, -0.2) is 0 Å². The molecule has 1 aromatic rings. The first kappa shape index (κ1) is 21.2. The van der Waals surface area contributed by atoms with Gasteiger partial charge in [-0.05, 0) is 25.0 Å². The van der Waals surface area contributed by atoms with E-state index in [4.69, 9.17) is 9.47 Å². The van der Waals surface area contributed by atoms with Crippen LogP contribution in [0, 0.1) is 11.8 Å². The molecule has 1 fully saturated rings. The maximum absolute atomic E-state index is 12.3. The van der Waals surface area contributed by atoms with Gasteiger partial charge in [0.25, 0.3) is 11.8 Å². The van der Waals surface area contributed by atoms with Crippen molar-refractivity contribution < 1.29 is 33.4 Å². The van der Waals surface area contributed by atoms with E-state index in [1.807, 2.05) is 12.2 Å². The molecule has 2 aliphatic rings. The smallest absolute Gasteiger partial charge is 0.308 e. The van der Waals surface area contributed by atoms with Crippen LogP contribution < -0.4 is 10.1 Å². The van der Waals surface area contributed by atoms with Crippen LogP contribution in [0.3, 0.4) is 0 Å². The van der Waals surface area contributed by atoms with Gasteiger partial charge in [-0.2, -0.15) is 0 Å². The number of allylic oxidation sites excluding steroid dienone is 2. The summed E-state index contributed by atoms with van der Waals surface area (Å²) < 4.78 is 9.91. The maximum Gasteiger partial charge on any atom is 0.308 e. The number of imide groups is 2. The molecule has 9 heteroatoms. The van der Waals surface area contributed by atoms with Crippen molar-refractivity contribution in [3.05, 3.63) is 42.0 Å². The number of benzene rings is 1. The van der Waals surface area contributed by atoms with Gasteiger partial charge in [0, 0.05) is 6.54 Å². The molecule has 1 N–H and O–H groups in total. The summed E-state index contributed by atoms with van der Waals surface area (Å²) in [6.45, 7) is -0.748. The molecule has 2 atom stereocenters. The molecule has 0 radical (unpaired) electrons. The Morgan fingerprint density at radius 3 is 2.33 bits per heavy atom. The van der Waals surface area contributed by atoms with Gasteiger partial charge < -0.3 is 9.47 Å². The number of nitrogens with one attached hydrogen (secondary N) is 1. The van der Waals surface area contributed by atoms with Crippen LogP contribution in [0.1, 0.15) is 29.6 Å². The molecule has 1 aliphatic heterocycles. The third-order valence-electron chi connectivity index (χ3n) is 5.11. The Hall–Kier alpha value is -3.49. The number of carbonyl (C=O) groups excluding carboxylic acids is 5. The van der Waals surface area contributed by atoms with Gasteiger partial charge in [-0.15, -0.1) is 0 Å². The molecular formula is C21H22N2O7. The van der Waals surface area contributed by atoms with E-state index in [0.29, 0.717) is 18.6 Å². The standard InChI is InChI=1S/C21H22N2O7/c1-29-16-9-5-4-8-15(16)19(26)22-17(24)12-30-18(25)10-11-23-20(27)13-6-2-3-7-14(13)21(23)28/h2-5,8-9,13-14H,6-7,10-12H2,1H3,(H,22,24,26)/t13-,14-/m0/s1. The predicted molar refractivity (Wildman–Crippen MR) is 103 cm³/mol. The van der Waals surface area contributed by atoms with Crippen LogP contribution >= 0.6 is 0 Å². The van der Waals surface area contributed by atoms with Crippen LogP contribution in [0.5, 0.6) is 5.75 Å². The Bertz CT molecular complexity index is 882.